The van der Waals surface area contributed by atoms with Gasteiger partial charge in [-0.2, -0.15) is 0 Å². The summed E-state index contributed by atoms with van der Waals surface area (Å²) in [5, 5.41) is 7.05. The molecule has 0 saturated carbocycles. The summed E-state index contributed by atoms with van der Waals surface area (Å²) in [5.41, 5.74) is 0. The molecule has 0 aliphatic heterocycles. The van der Waals surface area contributed by atoms with Gasteiger partial charge in [-0.3, -0.25) is 0 Å². The van der Waals surface area contributed by atoms with Crippen molar-refractivity contribution in [2.24, 2.45) is 0 Å². The van der Waals surface area contributed by atoms with Crippen molar-refractivity contribution >= 4 is 23.4 Å². The van der Waals surface area contributed by atoms with E-state index < -0.39 is 0 Å². The summed E-state index contributed by atoms with van der Waals surface area (Å²) in [7, 11) is 1.84. The zero-order chi connectivity index (χ0) is 13.0. The van der Waals surface area contributed by atoms with Gasteiger partial charge in [0.25, 0.3) is 0 Å². The molecular weight excluding hydrogens is 248 g/mol. The molecule has 0 fully saturated rings. The maximum Gasteiger partial charge on any atom is 0.191 e. The molecule has 1 unspecified atom stereocenters. The quantitative estimate of drug-likeness (QED) is 0.639. The summed E-state index contributed by atoms with van der Waals surface area (Å²) >= 11 is 1.51. The van der Waals surface area contributed by atoms with Gasteiger partial charge in [0, 0.05) is 13.1 Å². The second-order valence-corrected chi connectivity index (χ2v) is 4.53. The van der Waals surface area contributed by atoms with Gasteiger partial charge in [0.2, 0.25) is 0 Å². The van der Waals surface area contributed by atoms with Crippen LogP contribution in [0.4, 0.5) is 11.6 Å². The molecule has 2 aromatic heterocycles. The first kappa shape index (κ1) is 12.8. The molecule has 5 nitrogen and oxygen atoms in total. The van der Waals surface area contributed by atoms with E-state index in [9.17, 15) is 0 Å². The van der Waals surface area contributed by atoms with Gasteiger partial charge in [0.15, 0.2) is 5.16 Å². The molecule has 2 aromatic rings. The number of hydrogen-bond acceptors (Lipinski definition) is 6. The highest BCUT2D eigenvalue weighted by atomic mass is 32.2. The number of rotatable bonds is 5. The number of nitrogens with one attached hydrogen (secondary N) is 2. The normalized spacial score (nSPS) is 12.2. The average Bonchev–Trinajstić information content (AvgIpc) is 2.92. The molecule has 0 spiro atoms. The van der Waals surface area contributed by atoms with Crippen LogP contribution >= 0.6 is 11.8 Å². The van der Waals surface area contributed by atoms with Crippen LogP contribution in [0.5, 0.6) is 0 Å². The van der Waals surface area contributed by atoms with Crippen LogP contribution in [0.15, 0.2) is 34.0 Å². The van der Waals surface area contributed by atoms with E-state index in [2.05, 4.69) is 20.6 Å². The minimum atomic E-state index is 0.0642. The maximum absolute atomic E-state index is 5.35. The number of nitrogens with zero attached hydrogens (tertiary/aromatic N) is 2. The van der Waals surface area contributed by atoms with Gasteiger partial charge in [-0.1, -0.05) is 11.8 Å². The van der Waals surface area contributed by atoms with Crippen LogP contribution in [-0.2, 0) is 0 Å². The standard InChI is InChI=1S/C12H16N4OS/c1-8(9-5-4-6-17-9)14-11-7-10(13-2)15-12(16-11)18-3/h4-8H,1-3H3,(H2,13,14,15,16). The van der Waals surface area contributed by atoms with Gasteiger partial charge in [0.1, 0.15) is 17.4 Å². The summed E-state index contributed by atoms with van der Waals surface area (Å²) in [6.07, 6.45) is 3.62. The molecule has 2 heterocycles. The van der Waals surface area contributed by atoms with Gasteiger partial charge in [0.05, 0.1) is 12.3 Å². The molecule has 0 saturated heterocycles. The van der Waals surface area contributed by atoms with Gasteiger partial charge >= 0.3 is 0 Å². The molecule has 0 radical (unpaired) electrons. The second kappa shape index (κ2) is 5.77. The lowest BCUT2D eigenvalue weighted by atomic mass is 10.2. The summed E-state index contributed by atoms with van der Waals surface area (Å²) in [5.74, 6) is 2.46. The highest BCUT2D eigenvalue weighted by molar-refractivity contribution is 7.98. The van der Waals surface area contributed by atoms with Crippen LogP contribution in [0.2, 0.25) is 0 Å². The van der Waals surface area contributed by atoms with Crippen molar-refractivity contribution in [3.8, 4) is 0 Å². The maximum atomic E-state index is 5.35. The van der Waals surface area contributed by atoms with Crippen molar-refractivity contribution in [2.75, 3.05) is 23.9 Å². The van der Waals surface area contributed by atoms with E-state index in [1.807, 2.05) is 38.4 Å². The van der Waals surface area contributed by atoms with Gasteiger partial charge in [-0.05, 0) is 25.3 Å². The van der Waals surface area contributed by atoms with Crippen molar-refractivity contribution in [1.82, 2.24) is 9.97 Å². The molecule has 2 rings (SSSR count). The fraction of sp³-hybridized carbons (Fsp3) is 0.333. The smallest absolute Gasteiger partial charge is 0.191 e. The molecule has 0 bridgehead atoms. The first-order valence-corrected chi connectivity index (χ1v) is 6.86. The minimum Gasteiger partial charge on any atom is -0.467 e. The SMILES string of the molecule is CNc1cc(NC(C)c2ccco2)nc(SC)n1. The molecule has 0 aliphatic rings. The highest BCUT2D eigenvalue weighted by Gasteiger charge is 2.10. The topological polar surface area (TPSA) is 63.0 Å². The number of hydrogen-bond donors (Lipinski definition) is 2. The van der Waals surface area contributed by atoms with E-state index in [1.54, 1.807) is 6.26 Å². The van der Waals surface area contributed by atoms with Gasteiger partial charge < -0.3 is 15.1 Å². The number of thioether (sulfide) groups is 1. The molecule has 0 amide bonds. The Balaban J connectivity index is 2.17. The number of furan rings is 1. The Morgan fingerprint density at radius 2 is 2.11 bits per heavy atom. The Hall–Kier alpha value is -1.69. The molecule has 18 heavy (non-hydrogen) atoms. The van der Waals surface area contributed by atoms with E-state index in [1.165, 1.54) is 11.8 Å². The molecule has 2 N–H and O–H groups in total. The predicted octanol–water partition coefficient (Wildman–Crippen LogP) is 3.01. The monoisotopic (exact) mass is 264 g/mol. The lowest BCUT2D eigenvalue weighted by Gasteiger charge is -2.13. The first-order valence-electron chi connectivity index (χ1n) is 5.63. The van der Waals surface area contributed by atoms with Crippen LogP contribution < -0.4 is 10.6 Å². The highest BCUT2D eigenvalue weighted by Crippen LogP contribution is 2.22. The second-order valence-electron chi connectivity index (χ2n) is 3.76. The molecule has 0 aliphatic carbocycles. The largest absolute Gasteiger partial charge is 0.467 e. The van der Waals surface area contributed by atoms with Crippen LogP contribution in [-0.4, -0.2) is 23.3 Å². The summed E-state index contributed by atoms with van der Waals surface area (Å²) < 4.78 is 5.35. The summed E-state index contributed by atoms with van der Waals surface area (Å²) in [4.78, 5) is 8.73. The van der Waals surface area contributed by atoms with Crippen LogP contribution in [0, 0.1) is 0 Å². The van der Waals surface area contributed by atoms with E-state index >= 15 is 0 Å². The van der Waals surface area contributed by atoms with E-state index in [0.717, 1.165) is 22.6 Å². The summed E-state index contributed by atoms with van der Waals surface area (Å²) in [6, 6.07) is 5.75. The molecule has 1 atom stereocenters. The minimum absolute atomic E-state index is 0.0642. The van der Waals surface area contributed by atoms with Crippen molar-refractivity contribution < 1.29 is 4.42 Å². The van der Waals surface area contributed by atoms with Crippen LogP contribution in [0.3, 0.4) is 0 Å². The van der Waals surface area contributed by atoms with Crippen molar-refractivity contribution in [1.29, 1.82) is 0 Å². The van der Waals surface area contributed by atoms with Gasteiger partial charge in [-0.25, -0.2) is 9.97 Å². The number of aromatic nitrogens is 2. The summed E-state index contributed by atoms with van der Waals surface area (Å²) in [6.45, 7) is 2.03. The van der Waals surface area contributed by atoms with E-state index in [4.69, 9.17) is 4.42 Å². The number of anilines is 2. The lowest BCUT2D eigenvalue weighted by molar-refractivity contribution is 0.490. The molecule has 0 aromatic carbocycles. The predicted molar refractivity (Wildman–Crippen MR) is 74.1 cm³/mol. The third-order valence-electron chi connectivity index (χ3n) is 2.48. The Morgan fingerprint density at radius 1 is 1.33 bits per heavy atom. The van der Waals surface area contributed by atoms with Crippen molar-refractivity contribution in [2.45, 2.75) is 18.1 Å². The third-order valence-corrected chi connectivity index (χ3v) is 3.03. The van der Waals surface area contributed by atoms with Crippen LogP contribution in [0.1, 0.15) is 18.7 Å². The first-order chi connectivity index (χ1) is 8.72. The lowest BCUT2D eigenvalue weighted by Crippen LogP contribution is -2.08. The molecular formula is C12H16N4OS. The van der Waals surface area contributed by atoms with Crippen molar-refractivity contribution in [3.05, 3.63) is 30.2 Å². The zero-order valence-corrected chi connectivity index (χ0v) is 11.4. The Morgan fingerprint density at radius 3 is 2.72 bits per heavy atom. The van der Waals surface area contributed by atoms with E-state index in [-0.39, 0.29) is 6.04 Å². The van der Waals surface area contributed by atoms with Gasteiger partial charge in [-0.15, -0.1) is 0 Å². The zero-order valence-electron chi connectivity index (χ0n) is 10.6. The molecule has 6 heteroatoms. The fourth-order valence-electron chi connectivity index (χ4n) is 1.55. The Kier molecular flexibility index (Phi) is 4.09. The third kappa shape index (κ3) is 2.95. The molecule has 96 valence electrons. The Bertz CT molecular complexity index is 479. The average molecular weight is 264 g/mol. The Labute approximate surface area is 110 Å². The fourth-order valence-corrected chi connectivity index (χ4v) is 1.93. The van der Waals surface area contributed by atoms with E-state index in [0.29, 0.717) is 0 Å². The van der Waals surface area contributed by atoms with Crippen molar-refractivity contribution in [3.63, 3.8) is 0 Å². The van der Waals surface area contributed by atoms with Crippen LogP contribution in [0.25, 0.3) is 0 Å².